The van der Waals surface area contributed by atoms with E-state index < -0.39 is 35.0 Å². The topological polar surface area (TPSA) is 129 Å². The number of amides is 3. The van der Waals surface area contributed by atoms with E-state index in [9.17, 15) is 32.3 Å². The molecule has 4 heterocycles. The van der Waals surface area contributed by atoms with Gasteiger partial charge in [0.25, 0.3) is 17.4 Å². The molecular weight excluding hydrogens is 517 g/mol. The molecule has 3 amide bonds. The van der Waals surface area contributed by atoms with E-state index in [2.05, 4.69) is 15.7 Å². The highest BCUT2D eigenvalue weighted by Crippen LogP contribution is 2.34. The van der Waals surface area contributed by atoms with E-state index in [1.54, 1.807) is 17.0 Å². The third-order valence-corrected chi connectivity index (χ3v) is 7.00. The number of carbonyl (C=O) groups is 3. The predicted octanol–water partition coefficient (Wildman–Crippen LogP) is 2.61. The molecule has 3 N–H and O–H groups in total. The quantitative estimate of drug-likeness (QED) is 0.467. The van der Waals surface area contributed by atoms with Gasteiger partial charge in [0, 0.05) is 50.3 Å². The fourth-order valence-corrected chi connectivity index (χ4v) is 5.05. The Morgan fingerprint density at radius 2 is 1.85 bits per heavy atom. The minimum Gasteiger partial charge on any atom is -0.351 e. The van der Waals surface area contributed by atoms with Gasteiger partial charge >= 0.3 is 6.18 Å². The van der Waals surface area contributed by atoms with Gasteiger partial charge in [-0.2, -0.15) is 18.3 Å². The molecule has 0 spiro atoms. The number of benzene rings is 1. The molecule has 204 valence electrons. The summed E-state index contributed by atoms with van der Waals surface area (Å²) in [6.07, 6.45) is -2.94. The number of hydrogen-bond acceptors (Lipinski definition) is 5. The number of nitrogens with one attached hydrogen (secondary N) is 3. The fraction of sp³-hybridized carbons (Fsp3) is 0.346. The molecule has 0 unspecified atom stereocenters. The molecule has 13 heteroatoms. The summed E-state index contributed by atoms with van der Waals surface area (Å²) in [5.41, 5.74) is -1.67. The molecule has 2 aliphatic rings. The SMILES string of the molecule is O=C1NCCCn2nc(C(=O)N3CC[C@@H](C(=O)Nc4c[nH]c(=O)c(C(F)(F)F)c4)[C@H](c4ccccc4)C3)cc21. The van der Waals surface area contributed by atoms with E-state index in [1.165, 1.54) is 10.7 Å². The number of aromatic amines is 1. The Labute approximate surface area is 220 Å². The summed E-state index contributed by atoms with van der Waals surface area (Å²) < 4.78 is 41.1. The number of pyridine rings is 1. The van der Waals surface area contributed by atoms with Crippen molar-refractivity contribution in [3.63, 3.8) is 0 Å². The smallest absolute Gasteiger partial charge is 0.351 e. The van der Waals surface area contributed by atoms with Gasteiger partial charge in [-0.3, -0.25) is 23.9 Å². The molecule has 0 bridgehead atoms. The monoisotopic (exact) mass is 542 g/mol. The van der Waals surface area contributed by atoms with Crippen molar-refractivity contribution in [2.75, 3.05) is 25.0 Å². The predicted molar refractivity (Wildman–Crippen MR) is 133 cm³/mol. The van der Waals surface area contributed by atoms with Crippen molar-refractivity contribution in [1.82, 2.24) is 25.0 Å². The lowest BCUT2D eigenvalue weighted by atomic mass is 9.80. The lowest BCUT2D eigenvalue weighted by molar-refractivity contribution is -0.138. The molecule has 2 aromatic heterocycles. The van der Waals surface area contributed by atoms with Crippen LogP contribution in [0.5, 0.6) is 0 Å². The second-order valence-electron chi connectivity index (χ2n) is 9.53. The van der Waals surface area contributed by atoms with E-state index in [1.807, 2.05) is 23.2 Å². The van der Waals surface area contributed by atoms with Crippen LogP contribution in [0.3, 0.4) is 0 Å². The highest BCUT2D eigenvalue weighted by molar-refractivity contribution is 5.98. The van der Waals surface area contributed by atoms with E-state index >= 15 is 0 Å². The summed E-state index contributed by atoms with van der Waals surface area (Å²) in [5, 5.41) is 9.60. The molecule has 39 heavy (non-hydrogen) atoms. The number of carbonyl (C=O) groups excluding carboxylic acids is 3. The van der Waals surface area contributed by atoms with Crippen LogP contribution in [0.2, 0.25) is 0 Å². The molecular formula is C26H25F3N6O4. The average Bonchev–Trinajstić information content (AvgIpc) is 3.27. The van der Waals surface area contributed by atoms with Crippen molar-refractivity contribution in [2.24, 2.45) is 5.92 Å². The average molecular weight is 543 g/mol. The first-order valence-electron chi connectivity index (χ1n) is 12.4. The fourth-order valence-electron chi connectivity index (χ4n) is 5.05. The minimum atomic E-state index is -4.88. The van der Waals surface area contributed by atoms with Gasteiger partial charge in [0.05, 0.1) is 5.69 Å². The number of likely N-dealkylation sites (tertiary alicyclic amines) is 1. The number of hydrogen-bond donors (Lipinski definition) is 3. The molecule has 0 aliphatic carbocycles. The number of piperidine rings is 1. The third-order valence-electron chi connectivity index (χ3n) is 7.00. The Hall–Kier alpha value is -4.42. The summed E-state index contributed by atoms with van der Waals surface area (Å²) in [6.45, 7) is 1.39. The molecule has 2 aliphatic heterocycles. The van der Waals surface area contributed by atoms with Gasteiger partial charge in [-0.1, -0.05) is 30.3 Å². The van der Waals surface area contributed by atoms with Crippen LogP contribution in [-0.2, 0) is 17.5 Å². The summed E-state index contributed by atoms with van der Waals surface area (Å²) in [4.78, 5) is 54.2. The maximum Gasteiger partial charge on any atom is 0.421 e. The summed E-state index contributed by atoms with van der Waals surface area (Å²) in [5.74, 6) is -2.33. The van der Waals surface area contributed by atoms with Crippen molar-refractivity contribution in [2.45, 2.75) is 31.5 Å². The maximum absolute atomic E-state index is 13.4. The first-order chi connectivity index (χ1) is 18.6. The zero-order chi connectivity index (χ0) is 27.7. The van der Waals surface area contributed by atoms with E-state index in [0.29, 0.717) is 31.3 Å². The van der Waals surface area contributed by atoms with Gasteiger partial charge in [-0.25, -0.2) is 0 Å². The Morgan fingerprint density at radius 3 is 2.59 bits per heavy atom. The number of aromatic nitrogens is 3. The molecule has 1 saturated heterocycles. The maximum atomic E-state index is 13.4. The van der Waals surface area contributed by atoms with Crippen molar-refractivity contribution in [3.05, 3.63) is 81.5 Å². The number of rotatable bonds is 4. The largest absolute Gasteiger partial charge is 0.421 e. The van der Waals surface area contributed by atoms with E-state index in [-0.39, 0.29) is 42.7 Å². The normalized spacial score (nSPS) is 19.6. The van der Waals surface area contributed by atoms with E-state index in [4.69, 9.17) is 0 Å². The number of anilines is 1. The number of fused-ring (bicyclic) bond motifs is 1. The summed E-state index contributed by atoms with van der Waals surface area (Å²) in [7, 11) is 0. The first-order valence-corrected chi connectivity index (χ1v) is 12.4. The summed E-state index contributed by atoms with van der Waals surface area (Å²) in [6, 6.07) is 11.1. The van der Waals surface area contributed by atoms with Crippen LogP contribution in [0.15, 0.2) is 53.5 Å². The van der Waals surface area contributed by atoms with Crippen LogP contribution >= 0.6 is 0 Å². The highest BCUT2D eigenvalue weighted by Gasteiger charge is 2.39. The molecule has 0 saturated carbocycles. The van der Waals surface area contributed by atoms with Crippen molar-refractivity contribution in [3.8, 4) is 0 Å². The number of aryl methyl sites for hydroxylation is 1. The standard InChI is InChI=1S/C26H25F3N6O4/c27-26(28,29)19-11-16(13-31-23(19)37)32-22(36)17-7-10-34(14-18(17)15-5-2-1-3-6-15)25(39)20-12-21-24(38)30-8-4-9-35(21)33-20/h1-3,5-6,11-13,17-18H,4,7-10,14H2,(H,30,38)(H,31,37)(H,32,36)/t17-,18+/m1/s1. The Kier molecular flexibility index (Phi) is 6.98. The van der Waals surface area contributed by atoms with Gasteiger partial charge in [-0.15, -0.1) is 0 Å². The van der Waals surface area contributed by atoms with Crippen molar-refractivity contribution >= 4 is 23.4 Å². The Balaban J connectivity index is 1.38. The number of alkyl halides is 3. The second kappa shape index (κ2) is 10.4. The van der Waals surface area contributed by atoms with Crippen LogP contribution in [0.25, 0.3) is 0 Å². The molecule has 5 rings (SSSR count). The lowest BCUT2D eigenvalue weighted by Gasteiger charge is -2.38. The van der Waals surface area contributed by atoms with Crippen LogP contribution < -0.4 is 16.2 Å². The van der Waals surface area contributed by atoms with Gasteiger partial charge in [0.1, 0.15) is 11.3 Å². The van der Waals surface area contributed by atoms with Crippen LogP contribution in [0, 0.1) is 5.92 Å². The highest BCUT2D eigenvalue weighted by atomic mass is 19.4. The van der Waals surface area contributed by atoms with Gasteiger partial charge in [0.2, 0.25) is 5.91 Å². The Bertz CT molecular complexity index is 1470. The molecule has 1 aromatic carbocycles. The zero-order valence-electron chi connectivity index (χ0n) is 20.6. The lowest BCUT2D eigenvalue weighted by Crippen LogP contribution is -2.46. The van der Waals surface area contributed by atoms with Crippen LogP contribution in [0.4, 0.5) is 18.9 Å². The molecule has 2 atom stereocenters. The van der Waals surface area contributed by atoms with Crippen molar-refractivity contribution < 1.29 is 27.6 Å². The van der Waals surface area contributed by atoms with Crippen LogP contribution in [0.1, 0.15) is 50.9 Å². The van der Waals surface area contributed by atoms with Gasteiger partial charge < -0.3 is 20.5 Å². The zero-order valence-corrected chi connectivity index (χ0v) is 20.6. The third kappa shape index (κ3) is 5.42. The molecule has 0 radical (unpaired) electrons. The molecule has 1 fully saturated rings. The minimum absolute atomic E-state index is 0.129. The number of halogens is 3. The molecule has 10 nitrogen and oxygen atoms in total. The second-order valence-corrected chi connectivity index (χ2v) is 9.53. The number of H-pyrrole nitrogens is 1. The van der Waals surface area contributed by atoms with E-state index in [0.717, 1.165) is 11.8 Å². The summed E-state index contributed by atoms with van der Waals surface area (Å²) >= 11 is 0. The van der Waals surface area contributed by atoms with Gasteiger partial charge in [-0.05, 0) is 24.5 Å². The van der Waals surface area contributed by atoms with Crippen molar-refractivity contribution in [1.29, 1.82) is 0 Å². The molecule has 3 aromatic rings. The van der Waals surface area contributed by atoms with Gasteiger partial charge in [0.15, 0.2) is 5.69 Å². The Morgan fingerprint density at radius 1 is 1.08 bits per heavy atom. The van der Waals surface area contributed by atoms with Crippen LogP contribution in [-0.4, -0.2) is 57.0 Å². The number of nitrogens with zero attached hydrogens (tertiary/aromatic N) is 3. The first kappa shape index (κ1) is 26.2.